The van der Waals surface area contributed by atoms with E-state index in [1.54, 1.807) is 6.21 Å². The number of benzene rings is 2. The highest BCUT2D eigenvalue weighted by molar-refractivity contribution is 7.91. The molecule has 4 heteroatoms. The van der Waals surface area contributed by atoms with Crippen molar-refractivity contribution in [2.24, 2.45) is 4.40 Å². The van der Waals surface area contributed by atoms with Crippen LogP contribution in [0.3, 0.4) is 0 Å². The van der Waals surface area contributed by atoms with Gasteiger partial charge in [-0.2, -0.15) is 0 Å². The first-order valence-electron chi connectivity index (χ1n) is 6.74. The quantitative estimate of drug-likeness (QED) is 0.622. The van der Waals surface area contributed by atoms with Gasteiger partial charge in [0.25, 0.3) is 0 Å². The van der Waals surface area contributed by atoms with Gasteiger partial charge < -0.3 is 9.29 Å². The highest BCUT2D eigenvalue weighted by Gasteiger charge is 2.25. The maximum atomic E-state index is 11.9. The molecule has 0 radical (unpaired) electrons. The summed E-state index contributed by atoms with van der Waals surface area (Å²) >= 11 is -1.25. The molecular formula is C17H19NO2S. The molecule has 1 atom stereocenters. The fourth-order valence-electron chi connectivity index (χ4n) is 1.55. The minimum atomic E-state index is -1.25. The number of hydrogen-bond acceptors (Lipinski definition) is 3. The number of ether oxygens (including phenoxy) is 1. The second kappa shape index (κ2) is 6.78. The predicted molar refractivity (Wildman–Crippen MR) is 88.4 cm³/mol. The zero-order chi connectivity index (χ0) is 15.3. The Morgan fingerprint density at radius 1 is 1.00 bits per heavy atom. The summed E-state index contributed by atoms with van der Waals surface area (Å²) in [4.78, 5) is 0. The van der Waals surface area contributed by atoms with Crippen LogP contribution in [0.25, 0.3) is 0 Å². The minimum absolute atomic E-state index is 0.353. The Labute approximate surface area is 129 Å². The van der Waals surface area contributed by atoms with Crippen LogP contribution in [0.15, 0.2) is 59.0 Å². The molecule has 0 heterocycles. The van der Waals surface area contributed by atoms with Gasteiger partial charge in [0.1, 0.15) is 27.6 Å². The monoisotopic (exact) mass is 301 g/mol. The van der Waals surface area contributed by atoms with Crippen molar-refractivity contribution in [1.29, 1.82) is 0 Å². The van der Waals surface area contributed by atoms with Gasteiger partial charge in [-0.1, -0.05) is 34.7 Å². The molecule has 110 valence electrons. The van der Waals surface area contributed by atoms with Crippen LogP contribution < -0.4 is 4.74 Å². The lowest BCUT2D eigenvalue weighted by molar-refractivity contribution is 0.482. The van der Waals surface area contributed by atoms with Gasteiger partial charge in [-0.15, -0.1) is 0 Å². The van der Waals surface area contributed by atoms with Crippen LogP contribution in [0.4, 0.5) is 0 Å². The van der Waals surface area contributed by atoms with Crippen LogP contribution in [0.1, 0.15) is 26.3 Å². The number of hydrogen-bond donors (Lipinski definition) is 0. The van der Waals surface area contributed by atoms with E-state index < -0.39 is 11.4 Å². The van der Waals surface area contributed by atoms with E-state index >= 15 is 0 Å². The van der Waals surface area contributed by atoms with E-state index in [1.807, 2.05) is 75.4 Å². The van der Waals surface area contributed by atoms with Crippen molar-refractivity contribution in [1.82, 2.24) is 0 Å². The molecule has 0 amide bonds. The van der Waals surface area contributed by atoms with Crippen LogP contribution >= 0.6 is 0 Å². The second-order valence-corrected chi connectivity index (χ2v) is 7.52. The van der Waals surface area contributed by atoms with Crippen molar-refractivity contribution in [3.05, 3.63) is 60.2 Å². The van der Waals surface area contributed by atoms with E-state index in [9.17, 15) is 4.55 Å². The van der Waals surface area contributed by atoms with Crippen molar-refractivity contribution in [3.63, 3.8) is 0 Å². The fraction of sp³-hybridized carbons (Fsp3) is 0.235. The summed E-state index contributed by atoms with van der Waals surface area (Å²) in [6, 6.07) is 17.1. The van der Waals surface area contributed by atoms with E-state index in [0.717, 1.165) is 17.1 Å². The Morgan fingerprint density at radius 3 is 2.33 bits per heavy atom. The first-order chi connectivity index (χ1) is 9.95. The lowest BCUT2D eigenvalue weighted by Gasteiger charge is -2.17. The van der Waals surface area contributed by atoms with Crippen LogP contribution in [0.5, 0.6) is 11.5 Å². The Bertz CT molecular complexity index is 606. The summed E-state index contributed by atoms with van der Waals surface area (Å²) in [5.74, 6) is 1.51. The lowest BCUT2D eigenvalue weighted by Crippen LogP contribution is -2.25. The molecule has 0 saturated carbocycles. The van der Waals surface area contributed by atoms with Gasteiger partial charge in [-0.05, 0) is 45.0 Å². The van der Waals surface area contributed by atoms with Crippen LogP contribution in [0, 0.1) is 0 Å². The number of rotatable bonds is 4. The number of para-hydroxylation sites is 1. The zero-order valence-corrected chi connectivity index (χ0v) is 13.3. The Kier molecular flexibility index (Phi) is 5.04. The van der Waals surface area contributed by atoms with E-state index in [-0.39, 0.29) is 4.75 Å². The van der Waals surface area contributed by atoms with E-state index in [4.69, 9.17) is 4.74 Å². The molecule has 2 rings (SSSR count). The van der Waals surface area contributed by atoms with Gasteiger partial charge in [-0.3, -0.25) is 0 Å². The predicted octanol–water partition coefficient (Wildman–Crippen LogP) is 4.36. The molecule has 21 heavy (non-hydrogen) atoms. The zero-order valence-electron chi connectivity index (χ0n) is 12.4. The molecule has 0 unspecified atom stereocenters. The lowest BCUT2D eigenvalue weighted by atomic mass is 10.2. The Morgan fingerprint density at radius 2 is 1.67 bits per heavy atom. The highest BCUT2D eigenvalue weighted by Crippen LogP contribution is 2.22. The second-order valence-electron chi connectivity index (χ2n) is 5.58. The maximum Gasteiger partial charge on any atom is 0.144 e. The largest absolute Gasteiger partial charge is 0.591 e. The van der Waals surface area contributed by atoms with E-state index in [2.05, 4.69) is 4.40 Å². The minimum Gasteiger partial charge on any atom is -0.591 e. The van der Waals surface area contributed by atoms with Crippen LogP contribution in [0.2, 0.25) is 0 Å². The fourth-order valence-corrected chi connectivity index (χ4v) is 2.08. The molecule has 0 N–H and O–H groups in total. The van der Waals surface area contributed by atoms with Gasteiger partial charge in [0.2, 0.25) is 0 Å². The Hall–Kier alpha value is -1.78. The molecular weight excluding hydrogens is 282 g/mol. The van der Waals surface area contributed by atoms with Gasteiger partial charge in [0, 0.05) is 5.56 Å². The first kappa shape index (κ1) is 15.6. The molecule has 0 bridgehead atoms. The first-order valence-corrected chi connectivity index (χ1v) is 7.85. The molecule has 0 aromatic heterocycles. The van der Waals surface area contributed by atoms with E-state index in [1.165, 1.54) is 0 Å². The SMILES string of the molecule is CC(C)(C)[S@+]([O-])/N=C/c1cccc(Oc2ccccc2)c1. The number of nitrogens with zero attached hydrogens (tertiary/aromatic N) is 1. The summed E-state index contributed by atoms with van der Waals surface area (Å²) in [6.45, 7) is 5.69. The van der Waals surface area contributed by atoms with E-state index in [0.29, 0.717) is 0 Å². The topological polar surface area (TPSA) is 44.7 Å². The van der Waals surface area contributed by atoms with Gasteiger partial charge in [0.15, 0.2) is 0 Å². The van der Waals surface area contributed by atoms with Crippen molar-refractivity contribution in [2.45, 2.75) is 25.5 Å². The molecule has 0 aliphatic rings. The summed E-state index contributed by atoms with van der Waals surface area (Å²) in [7, 11) is 0. The average molecular weight is 301 g/mol. The van der Waals surface area contributed by atoms with Crippen LogP contribution in [-0.2, 0) is 11.4 Å². The van der Waals surface area contributed by atoms with Crippen molar-refractivity contribution >= 4 is 17.6 Å². The maximum absolute atomic E-state index is 11.9. The molecule has 2 aromatic rings. The van der Waals surface area contributed by atoms with Gasteiger partial charge in [-0.25, -0.2) is 0 Å². The standard InChI is InChI=1S/C17H19NO2S/c1-17(2,3)21(19)18-13-14-8-7-11-16(12-14)20-15-9-5-4-6-10-15/h4-13H,1-3H3/b18-13+/t21-/m0/s1. The van der Waals surface area contributed by atoms with Crippen molar-refractivity contribution in [3.8, 4) is 11.5 Å². The van der Waals surface area contributed by atoms with Gasteiger partial charge in [0.05, 0.1) is 6.21 Å². The van der Waals surface area contributed by atoms with Crippen molar-refractivity contribution < 1.29 is 9.29 Å². The molecule has 0 spiro atoms. The third-order valence-corrected chi connectivity index (χ3v) is 4.00. The van der Waals surface area contributed by atoms with Crippen LogP contribution in [-0.4, -0.2) is 15.5 Å². The normalized spacial score (nSPS) is 13.3. The summed E-state index contributed by atoms with van der Waals surface area (Å²) in [6.07, 6.45) is 1.62. The molecule has 2 aromatic carbocycles. The molecule has 0 aliphatic heterocycles. The smallest absolute Gasteiger partial charge is 0.144 e. The third-order valence-electron chi connectivity index (χ3n) is 2.66. The Balaban J connectivity index is 2.09. The summed E-state index contributed by atoms with van der Waals surface area (Å²) < 4.78 is 21.4. The molecule has 0 aliphatic carbocycles. The van der Waals surface area contributed by atoms with Crippen molar-refractivity contribution in [2.75, 3.05) is 0 Å². The third kappa shape index (κ3) is 4.92. The molecule has 0 saturated heterocycles. The average Bonchev–Trinajstić information content (AvgIpc) is 2.45. The molecule has 0 fully saturated rings. The van der Waals surface area contributed by atoms with Gasteiger partial charge >= 0.3 is 0 Å². The summed E-state index contributed by atoms with van der Waals surface area (Å²) in [5, 5.41) is 0. The summed E-state index contributed by atoms with van der Waals surface area (Å²) in [5.41, 5.74) is 0.862. The highest BCUT2D eigenvalue weighted by atomic mass is 32.2. The molecule has 3 nitrogen and oxygen atoms in total.